The number of carbonyl (C=O) groups excluding carboxylic acids is 2. The molecule has 1 aromatic carbocycles. The first kappa shape index (κ1) is 12.7. The Kier molecular flexibility index (Phi) is 3.40. The molecule has 0 atom stereocenters. The van der Waals surface area contributed by atoms with E-state index in [9.17, 15) is 9.59 Å². The summed E-state index contributed by atoms with van der Waals surface area (Å²) in [6, 6.07) is 5.07. The van der Waals surface area contributed by atoms with Crippen LogP contribution in [0.1, 0.15) is 9.67 Å². The van der Waals surface area contributed by atoms with Crippen molar-refractivity contribution in [3.05, 3.63) is 28.1 Å². The zero-order valence-electron chi connectivity index (χ0n) is 9.10. The third-order valence-electron chi connectivity index (χ3n) is 2.19. The van der Waals surface area contributed by atoms with Gasteiger partial charge in [0.25, 0.3) is 11.8 Å². The smallest absolute Gasteiger partial charge is 0.262 e. The van der Waals surface area contributed by atoms with Crippen LogP contribution < -0.4 is 16.2 Å². The van der Waals surface area contributed by atoms with Crippen LogP contribution in [0.3, 0.4) is 0 Å². The first-order valence-corrected chi connectivity index (χ1v) is 6.11. The van der Waals surface area contributed by atoms with Crippen molar-refractivity contribution in [1.29, 1.82) is 0 Å². The second-order valence-electron chi connectivity index (χ2n) is 3.52. The molecule has 0 saturated heterocycles. The molecule has 0 saturated carbocycles. The number of carbonyl (C=O) groups is 2. The van der Waals surface area contributed by atoms with E-state index in [1.807, 2.05) is 0 Å². The van der Waals surface area contributed by atoms with E-state index >= 15 is 0 Å². The molecule has 5 nitrogen and oxygen atoms in total. The van der Waals surface area contributed by atoms with Gasteiger partial charge in [0, 0.05) is 15.1 Å². The van der Waals surface area contributed by atoms with Crippen LogP contribution in [0.4, 0.5) is 0 Å². The minimum atomic E-state index is -0.626. The Morgan fingerprint density at radius 3 is 2.67 bits per heavy atom. The third-order valence-corrected chi connectivity index (χ3v) is 3.57. The maximum atomic E-state index is 11.3. The van der Waals surface area contributed by atoms with Crippen LogP contribution >= 0.6 is 22.9 Å². The number of fused-ring (bicyclic) bond motifs is 1. The molecule has 0 radical (unpaired) electrons. The SMILES string of the molecule is NC(=O)COc1c(C(N)=O)sc2cc(Cl)ccc12. The summed E-state index contributed by atoms with van der Waals surface area (Å²) in [5.74, 6) is -0.969. The quantitative estimate of drug-likeness (QED) is 0.891. The van der Waals surface area contributed by atoms with E-state index in [4.69, 9.17) is 27.8 Å². The molecule has 18 heavy (non-hydrogen) atoms. The van der Waals surface area contributed by atoms with Crippen LogP contribution in [0.15, 0.2) is 18.2 Å². The van der Waals surface area contributed by atoms with E-state index in [1.54, 1.807) is 18.2 Å². The lowest BCUT2D eigenvalue weighted by Crippen LogP contribution is -2.21. The van der Waals surface area contributed by atoms with Gasteiger partial charge in [-0.05, 0) is 18.2 Å². The lowest BCUT2D eigenvalue weighted by molar-refractivity contribution is -0.119. The van der Waals surface area contributed by atoms with Crippen LogP contribution in [0.2, 0.25) is 5.02 Å². The van der Waals surface area contributed by atoms with Crippen LogP contribution in [0, 0.1) is 0 Å². The topological polar surface area (TPSA) is 95.4 Å². The van der Waals surface area contributed by atoms with Gasteiger partial charge in [-0.1, -0.05) is 11.6 Å². The van der Waals surface area contributed by atoms with Crippen molar-refractivity contribution in [2.24, 2.45) is 11.5 Å². The van der Waals surface area contributed by atoms with Gasteiger partial charge in [0.05, 0.1) is 0 Å². The van der Waals surface area contributed by atoms with Crippen molar-refractivity contribution in [2.75, 3.05) is 6.61 Å². The second-order valence-corrected chi connectivity index (χ2v) is 5.01. The molecule has 0 spiro atoms. The maximum absolute atomic E-state index is 11.3. The molecule has 0 aliphatic heterocycles. The van der Waals surface area contributed by atoms with Crippen molar-refractivity contribution in [1.82, 2.24) is 0 Å². The molecule has 2 aromatic rings. The Labute approximate surface area is 111 Å². The molecule has 0 unspecified atom stereocenters. The predicted octanol–water partition coefficient (Wildman–Crippen LogP) is 1.52. The Morgan fingerprint density at radius 1 is 1.33 bits per heavy atom. The molecule has 2 rings (SSSR count). The number of hydrogen-bond donors (Lipinski definition) is 2. The highest BCUT2D eigenvalue weighted by molar-refractivity contribution is 7.21. The van der Waals surface area contributed by atoms with Crippen LogP contribution in [0.5, 0.6) is 5.75 Å². The summed E-state index contributed by atoms with van der Waals surface area (Å²) in [6.45, 7) is -0.311. The summed E-state index contributed by atoms with van der Waals surface area (Å²) in [4.78, 5) is 22.3. The monoisotopic (exact) mass is 284 g/mol. The summed E-state index contributed by atoms with van der Waals surface area (Å²) in [6.07, 6.45) is 0. The molecule has 0 bridgehead atoms. The van der Waals surface area contributed by atoms with Crippen LogP contribution in [-0.2, 0) is 4.79 Å². The number of benzene rings is 1. The molecule has 0 aliphatic carbocycles. The van der Waals surface area contributed by atoms with Crippen molar-refractivity contribution >= 4 is 44.8 Å². The van der Waals surface area contributed by atoms with E-state index in [0.717, 1.165) is 16.0 Å². The standard InChI is InChI=1S/C11H9ClN2O3S/c12-5-1-2-6-7(3-5)18-10(11(14)16)9(6)17-4-8(13)15/h1-3H,4H2,(H2,13,15)(H2,14,16). The Bertz CT molecular complexity index is 638. The summed E-state index contributed by atoms with van der Waals surface area (Å²) < 4.78 is 6.00. The number of nitrogens with two attached hydrogens (primary N) is 2. The van der Waals surface area contributed by atoms with Crippen molar-refractivity contribution in [2.45, 2.75) is 0 Å². The van der Waals surface area contributed by atoms with Crippen molar-refractivity contribution in [3.8, 4) is 5.75 Å². The lowest BCUT2D eigenvalue weighted by atomic mass is 10.2. The van der Waals surface area contributed by atoms with Gasteiger partial charge in [0.1, 0.15) is 4.88 Å². The number of ether oxygens (including phenoxy) is 1. The third kappa shape index (κ3) is 2.39. The van der Waals surface area contributed by atoms with Crippen LogP contribution in [0.25, 0.3) is 10.1 Å². The lowest BCUT2D eigenvalue weighted by Gasteiger charge is -2.03. The highest BCUT2D eigenvalue weighted by atomic mass is 35.5. The van der Waals surface area contributed by atoms with Gasteiger partial charge in [-0.3, -0.25) is 9.59 Å². The molecule has 4 N–H and O–H groups in total. The van der Waals surface area contributed by atoms with Gasteiger partial charge in [-0.2, -0.15) is 0 Å². The Hall–Kier alpha value is -1.79. The number of rotatable bonds is 4. The highest BCUT2D eigenvalue weighted by Crippen LogP contribution is 2.38. The summed E-state index contributed by atoms with van der Waals surface area (Å²) in [5.41, 5.74) is 10.3. The fourth-order valence-corrected chi connectivity index (χ4v) is 2.77. The molecule has 0 aliphatic rings. The Morgan fingerprint density at radius 2 is 2.06 bits per heavy atom. The average Bonchev–Trinajstić information content (AvgIpc) is 2.64. The molecule has 0 fully saturated rings. The number of amides is 2. The van der Waals surface area contributed by atoms with Crippen LogP contribution in [-0.4, -0.2) is 18.4 Å². The van der Waals surface area contributed by atoms with E-state index in [1.165, 1.54) is 0 Å². The number of hydrogen-bond acceptors (Lipinski definition) is 4. The fraction of sp³-hybridized carbons (Fsp3) is 0.0909. The molecule has 1 aromatic heterocycles. The number of halogens is 1. The predicted molar refractivity (Wildman–Crippen MR) is 70.0 cm³/mol. The maximum Gasteiger partial charge on any atom is 0.262 e. The largest absolute Gasteiger partial charge is 0.481 e. The first-order valence-electron chi connectivity index (χ1n) is 4.92. The number of primary amides is 2. The number of thiophene rings is 1. The zero-order valence-corrected chi connectivity index (χ0v) is 10.7. The zero-order chi connectivity index (χ0) is 13.3. The second kappa shape index (κ2) is 4.83. The normalized spacial score (nSPS) is 10.5. The van der Waals surface area contributed by atoms with Gasteiger partial charge in [0.2, 0.25) is 0 Å². The van der Waals surface area contributed by atoms with E-state index in [0.29, 0.717) is 10.4 Å². The minimum Gasteiger partial charge on any atom is -0.481 e. The molecule has 7 heteroatoms. The molecular formula is C11H9ClN2O3S. The fourth-order valence-electron chi connectivity index (χ4n) is 1.50. The van der Waals surface area contributed by atoms with Crippen molar-refractivity contribution in [3.63, 3.8) is 0 Å². The molecule has 94 valence electrons. The summed E-state index contributed by atoms with van der Waals surface area (Å²) in [5, 5.41) is 1.22. The van der Waals surface area contributed by atoms with Gasteiger partial charge in [-0.25, -0.2) is 0 Å². The van der Waals surface area contributed by atoms with Gasteiger partial charge in [-0.15, -0.1) is 11.3 Å². The highest BCUT2D eigenvalue weighted by Gasteiger charge is 2.18. The minimum absolute atomic E-state index is 0.244. The van der Waals surface area contributed by atoms with Crippen molar-refractivity contribution < 1.29 is 14.3 Å². The van der Waals surface area contributed by atoms with E-state index in [2.05, 4.69) is 0 Å². The molecule has 1 heterocycles. The molecular weight excluding hydrogens is 276 g/mol. The first-order chi connectivity index (χ1) is 8.49. The van der Waals surface area contributed by atoms with Gasteiger partial charge >= 0.3 is 0 Å². The van der Waals surface area contributed by atoms with Gasteiger partial charge < -0.3 is 16.2 Å². The van der Waals surface area contributed by atoms with E-state index < -0.39 is 11.8 Å². The summed E-state index contributed by atoms with van der Waals surface area (Å²) >= 11 is 7.02. The average molecular weight is 285 g/mol. The molecule has 2 amide bonds. The van der Waals surface area contributed by atoms with E-state index in [-0.39, 0.29) is 17.2 Å². The Balaban J connectivity index is 2.55. The summed E-state index contributed by atoms with van der Waals surface area (Å²) in [7, 11) is 0. The van der Waals surface area contributed by atoms with Gasteiger partial charge in [0.15, 0.2) is 12.4 Å².